The number of nitrogens with zero attached hydrogens (tertiary/aromatic N) is 1. The van der Waals surface area contributed by atoms with E-state index in [-0.39, 0.29) is 18.0 Å². The van der Waals surface area contributed by atoms with Gasteiger partial charge in [0.1, 0.15) is 6.54 Å². The lowest BCUT2D eigenvalue weighted by molar-refractivity contribution is -0.137. The number of nitrogens with one attached hydrogen (secondary N) is 1. The number of carboxylic acids is 1. The summed E-state index contributed by atoms with van der Waals surface area (Å²) in [5.41, 5.74) is 1.90. The fourth-order valence-electron chi connectivity index (χ4n) is 2.31. The third kappa shape index (κ3) is 2.05. The smallest absolute Gasteiger partial charge is 0.323 e. The van der Waals surface area contributed by atoms with Crippen molar-refractivity contribution in [3.8, 4) is 0 Å². The number of aliphatic carboxylic acids is 1. The second kappa shape index (κ2) is 3.61. The zero-order valence-corrected chi connectivity index (χ0v) is 10.2. The van der Waals surface area contributed by atoms with E-state index in [0.29, 0.717) is 12.0 Å². The number of aromatic nitrogens is 1. The Morgan fingerprint density at radius 1 is 1.59 bits per heavy atom. The highest BCUT2D eigenvalue weighted by Crippen LogP contribution is 2.26. The predicted octanol–water partition coefficient (Wildman–Crippen LogP) is 0.946. The third-order valence-electron chi connectivity index (χ3n) is 3.02. The van der Waals surface area contributed by atoms with E-state index in [1.165, 1.54) is 0 Å². The van der Waals surface area contributed by atoms with Gasteiger partial charge in [-0.3, -0.25) is 9.59 Å². The van der Waals surface area contributed by atoms with Gasteiger partial charge in [0.2, 0.25) is 0 Å². The molecule has 0 fully saturated rings. The van der Waals surface area contributed by atoms with Crippen molar-refractivity contribution in [3.05, 3.63) is 23.0 Å². The van der Waals surface area contributed by atoms with Gasteiger partial charge >= 0.3 is 5.97 Å². The molecule has 5 heteroatoms. The fourth-order valence-corrected chi connectivity index (χ4v) is 2.31. The number of hydrogen-bond acceptors (Lipinski definition) is 2. The summed E-state index contributed by atoms with van der Waals surface area (Å²) >= 11 is 0. The molecule has 0 unspecified atom stereocenters. The van der Waals surface area contributed by atoms with Crippen LogP contribution in [0.1, 0.15) is 35.6 Å². The van der Waals surface area contributed by atoms with Crippen LogP contribution in [0.25, 0.3) is 0 Å². The second-order valence-corrected chi connectivity index (χ2v) is 5.14. The van der Waals surface area contributed by atoms with Crippen LogP contribution in [0.3, 0.4) is 0 Å². The molecule has 1 aromatic heterocycles. The molecule has 2 rings (SSSR count). The Morgan fingerprint density at radius 3 is 2.82 bits per heavy atom. The molecule has 0 bridgehead atoms. The van der Waals surface area contributed by atoms with E-state index >= 15 is 0 Å². The number of carbonyl (C=O) groups excluding carboxylic acids is 1. The van der Waals surface area contributed by atoms with Crippen LogP contribution in [0.2, 0.25) is 0 Å². The molecular weight excluding hydrogens is 220 g/mol. The first-order chi connectivity index (χ1) is 7.80. The zero-order chi connectivity index (χ0) is 12.8. The van der Waals surface area contributed by atoms with Gasteiger partial charge in [-0.05, 0) is 26.8 Å². The highest BCUT2D eigenvalue weighted by molar-refractivity contribution is 5.97. The predicted molar refractivity (Wildman–Crippen MR) is 62.1 cm³/mol. The average Bonchev–Trinajstić information content (AvgIpc) is 2.43. The minimum atomic E-state index is -0.893. The van der Waals surface area contributed by atoms with Gasteiger partial charge in [0.25, 0.3) is 5.91 Å². The SMILES string of the molecule is Cc1cc2c(n1CC(=O)O)CC(C)(C)NC2=O. The maximum absolute atomic E-state index is 11.9. The molecule has 5 nitrogen and oxygen atoms in total. The van der Waals surface area contributed by atoms with E-state index in [4.69, 9.17) is 5.11 Å². The number of carbonyl (C=O) groups is 2. The second-order valence-electron chi connectivity index (χ2n) is 5.14. The van der Waals surface area contributed by atoms with Crippen molar-refractivity contribution in [2.24, 2.45) is 0 Å². The Labute approximate surface area is 99.4 Å². The van der Waals surface area contributed by atoms with Crippen molar-refractivity contribution in [2.45, 2.75) is 39.3 Å². The molecule has 0 spiro atoms. The van der Waals surface area contributed by atoms with Crippen molar-refractivity contribution in [3.63, 3.8) is 0 Å². The van der Waals surface area contributed by atoms with E-state index in [2.05, 4.69) is 5.32 Å². The molecule has 1 amide bonds. The van der Waals surface area contributed by atoms with E-state index in [0.717, 1.165) is 11.4 Å². The molecule has 1 aromatic rings. The molecule has 17 heavy (non-hydrogen) atoms. The van der Waals surface area contributed by atoms with Crippen LogP contribution in [0.4, 0.5) is 0 Å². The molecule has 0 saturated heterocycles. The Hall–Kier alpha value is -1.78. The lowest BCUT2D eigenvalue weighted by atomic mass is 9.92. The maximum Gasteiger partial charge on any atom is 0.323 e. The van der Waals surface area contributed by atoms with Crippen LogP contribution in [0.15, 0.2) is 6.07 Å². The molecule has 0 radical (unpaired) electrons. The van der Waals surface area contributed by atoms with Crippen LogP contribution in [-0.4, -0.2) is 27.1 Å². The Morgan fingerprint density at radius 2 is 2.24 bits per heavy atom. The topological polar surface area (TPSA) is 71.3 Å². The fraction of sp³-hybridized carbons (Fsp3) is 0.500. The largest absolute Gasteiger partial charge is 0.480 e. The molecule has 0 aliphatic carbocycles. The van der Waals surface area contributed by atoms with Gasteiger partial charge in [0.05, 0.1) is 5.56 Å². The summed E-state index contributed by atoms with van der Waals surface area (Å²) in [7, 11) is 0. The third-order valence-corrected chi connectivity index (χ3v) is 3.02. The van der Waals surface area contributed by atoms with Gasteiger partial charge in [-0.2, -0.15) is 0 Å². The lowest BCUT2D eigenvalue weighted by Crippen LogP contribution is -2.49. The number of amides is 1. The van der Waals surface area contributed by atoms with Gasteiger partial charge in [-0.15, -0.1) is 0 Å². The monoisotopic (exact) mass is 236 g/mol. The molecule has 1 aliphatic rings. The highest BCUT2D eigenvalue weighted by atomic mass is 16.4. The first kappa shape index (κ1) is 11.7. The standard InChI is InChI=1S/C12H16N2O3/c1-7-4-8-9(14(7)6-10(15)16)5-12(2,3)13-11(8)17/h4H,5-6H2,1-3H3,(H,13,17)(H,15,16). The van der Waals surface area contributed by atoms with Gasteiger partial charge in [0, 0.05) is 23.3 Å². The lowest BCUT2D eigenvalue weighted by Gasteiger charge is -2.31. The first-order valence-corrected chi connectivity index (χ1v) is 5.53. The van der Waals surface area contributed by atoms with E-state index < -0.39 is 5.97 Å². The minimum absolute atomic E-state index is 0.0927. The van der Waals surface area contributed by atoms with Crippen molar-refractivity contribution >= 4 is 11.9 Å². The van der Waals surface area contributed by atoms with Gasteiger partial charge in [-0.1, -0.05) is 0 Å². The summed E-state index contributed by atoms with van der Waals surface area (Å²) in [5.74, 6) is -1.02. The summed E-state index contributed by atoms with van der Waals surface area (Å²) in [6.07, 6.45) is 0.648. The van der Waals surface area contributed by atoms with Crippen molar-refractivity contribution in [1.82, 2.24) is 9.88 Å². The van der Waals surface area contributed by atoms with E-state index in [1.807, 2.05) is 20.8 Å². The van der Waals surface area contributed by atoms with Gasteiger partial charge in [0.15, 0.2) is 0 Å². The van der Waals surface area contributed by atoms with Gasteiger partial charge in [-0.25, -0.2) is 0 Å². The molecular formula is C12H16N2O3. The van der Waals surface area contributed by atoms with E-state index in [9.17, 15) is 9.59 Å². The first-order valence-electron chi connectivity index (χ1n) is 5.53. The quantitative estimate of drug-likeness (QED) is 0.803. The number of carboxylic acid groups (broad SMARTS) is 1. The molecule has 2 heterocycles. The summed E-state index contributed by atoms with van der Waals surface area (Å²) in [5, 5.41) is 11.8. The maximum atomic E-state index is 11.9. The van der Waals surface area contributed by atoms with Crippen LogP contribution in [0, 0.1) is 6.92 Å². The summed E-state index contributed by atoms with van der Waals surface area (Å²) in [6, 6.07) is 1.75. The molecule has 2 N–H and O–H groups in total. The van der Waals surface area contributed by atoms with Crippen LogP contribution < -0.4 is 5.32 Å². The van der Waals surface area contributed by atoms with Crippen LogP contribution >= 0.6 is 0 Å². The van der Waals surface area contributed by atoms with E-state index in [1.54, 1.807) is 10.6 Å². The van der Waals surface area contributed by atoms with Crippen molar-refractivity contribution in [1.29, 1.82) is 0 Å². The van der Waals surface area contributed by atoms with Crippen molar-refractivity contribution < 1.29 is 14.7 Å². The summed E-state index contributed by atoms with van der Waals surface area (Å²) in [6.45, 7) is 5.59. The average molecular weight is 236 g/mol. The number of hydrogen-bond donors (Lipinski definition) is 2. The van der Waals surface area contributed by atoms with Crippen LogP contribution in [-0.2, 0) is 17.8 Å². The zero-order valence-electron chi connectivity index (χ0n) is 10.2. The highest BCUT2D eigenvalue weighted by Gasteiger charge is 2.33. The molecule has 92 valence electrons. The Kier molecular flexibility index (Phi) is 2.49. The Bertz CT molecular complexity index is 500. The molecule has 0 atom stereocenters. The molecule has 1 aliphatic heterocycles. The summed E-state index contributed by atoms with van der Waals surface area (Å²) < 4.78 is 1.71. The summed E-state index contributed by atoms with van der Waals surface area (Å²) in [4.78, 5) is 22.7. The molecule has 0 saturated carbocycles. The van der Waals surface area contributed by atoms with Crippen LogP contribution in [0.5, 0.6) is 0 Å². The van der Waals surface area contributed by atoms with Gasteiger partial charge < -0.3 is 15.0 Å². The van der Waals surface area contributed by atoms with Crippen molar-refractivity contribution in [2.75, 3.05) is 0 Å². The molecule has 0 aromatic carbocycles. The Balaban J connectivity index is 2.51. The normalized spacial score (nSPS) is 17.5. The number of aryl methyl sites for hydroxylation is 1. The number of rotatable bonds is 2. The minimum Gasteiger partial charge on any atom is -0.480 e. The number of fused-ring (bicyclic) bond motifs is 1.